The molecule has 2 saturated carbocycles. The van der Waals surface area contributed by atoms with Crippen LogP contribution in [0, 0.1) is 16.7 Å². The van der Waals surface area contributed by atoms with Gasteiger partial charge in [0.15, 0.2) is 5.60 Å². The van der Waals surface area contributed by atoms with E-state index in [1.54, 1.807) is 25.3 Å². The predicted molar refractivity (Wildman–Crippen MR) is 88.9 cm³/mol. The smallest absolute Gasteiger partial charge is 0.257 e. The van der Waals surface area contributed by atoms with Crippen LogP contribution in [0.15, 0.2) is 18.2 Å². The third kappa shape index (κ3) is 1.69. The Hall–Kier alpha value is -1.26. The van der Waals surface area contributed by atoms with Gasteiger partial charge in [0, 0.05) is 15.9 Å². The Bertz CT molecular complexity index is 693. The van der Waals surface area contributed by atoms with Crippen LogP contribution in [0.1, 0.15) is 33.1 Å². The zero-order valence-electron chi connectivity index (χ0n) is 13.7. The molecule has 1 aromatic carbocycles. The Morgan fingerprint density at radius 2 is 2.22 bits per heavy atom. The number of hydrogen-bond donors (Lipinski definition) is 1. The lowest BCUT2D eigenvalue weighted by atomic mass is 9.66. The fraction of sp³-hybridized carbons (Fsp3) is 0.611. The molecule has 1 N–H and O–H groups in total. The SMILES string of the molecule is COc1ccc(Cl)cc1NC(=O)C12CC3CCC1(C)C3(C)CO2. The van der Waals surface area contributed by atoms with Crippen molar-refractivity contribution >= 4 is 23.2 Å². The van der Waals surface area contributed by atoms with Crippen LogP contribution in [0.2, 0.25) is 5.02 Å². The highest BCUT2D eigenvalue weighted by molar-refractivity contribution is 6.31. The number of benzene rings is 1. The predicted octanol–water partition coefficient (Wildman–Crippen LogP) is 3.88. The summed E-state index contributed by atoms with van der Waals surface area (Å²) in [5.74, 6) is 1.12. The quantitative estimate of drug-likeness (QED) is 0.911. The van der Waals surface area contributed by atoms with Crippen molar-refractivity contribution in [3.63, 3.8) is 0 Å². The molecule has 1 aliphatic heterocycles. The molecule has 1 aromatic rings. The summed E-state index contributed by atoms with van der Waals surface area (Å²) in [6, 6.07) is 5.23. The van der Waals surface area contributed by atoms with Crippen molar-refractivity contribution in [1.82, 2.24) is 0 Å². The summed E-state index contributed by atoms with van der Waals surface area (Å²) < 4.78 is 11.5. The van der Waals surface area contributed by atoms with Crippen LogP contribution in [0.5, 0.6) is 5.75 Å². The average Bonchev–Trinajstić information content (AvgIpc) is 2.99. The number of halogens is 1. The summed E-state index contributed by atoms with van der Waals surface area (Å²) >= 11 is 6.07. The van der Waals surface area contributed by atoms with E-state index in [-0.39, 0.29) is 16.7 Å². The summed E-state index contributed by atoms with van der Waals surface area (Å²) in [7, 11) is 1.58. The number of hydrogen-bond acceptors (Lipinski definition) is 3. The van der Waals surface area contributed by atoms with Crippen LogP contribution in [0.25, 0.3) is 0 Å². The van der Waals surface area contributed by atoms with E-state index in [1.807, 2.05) is 0 Å². The number of carbonyl (C=O) groups excluding carboxylic acids is 1. The van der Waals surface area contributed by atoms with Crippen molar-refractivity contribution in [3.8, 4) is 5.75 Å². The number of rotatable bonds is 3. The van der Waals surface area contributed by atoms with E-state index in [4.69, 9.17) is 21.1 Å². The zero-order valence-corrected chi connectivity index (χ0v) is 14.5. The average molecular weight is 336 g/mol. The van der Waals surface area contributed by atoms with Gasteiger partial charge in [-0.05, 0) is 43.4 Å². The van der Waals surface area contributed by atoms with Gasteiger partial charge in [-0.3, -0.25) is 4.79 Å². The van der Waals surface area contributed by atoms with Crippen LogP contribution >= 0.6 is 11.6 Å². The molecular formula is C18H22ClNO3. The molecule has 0 radical (unpaired) electrons. The number of nitrogens with one attached hydrogen (secondary N) is 1. The molecule has 124 valence electrons. The van der Waals surface area contributed by atoms with Gasteiger partial charge >= 0.3 is 0 Å². The van der Waals surface area contributed by atoms with Gasteiger partial charge in [0.25, 0.3) is 5.91 Å². The molecule has 5 heteroatoms. The standard InChI is InChI=1S/C18H22ClNO3/c1-16-10-23-18(9-11(16)6-7-17(16,18)2)15(21)20-13-8-12(19)4-5-14(13)22-3/h4-5,8,11H,6-7,9-10H2,1-3H3,(H,20,21). The zero-order chi connectivity index (χ0) is 16.5. The summed E-state index contributed by atoms with van der Waals surface area (Å²) in [5.41, 5.74) is -0.107. The summed E-state index contributed by atoms with van der Waals surface area (Å²) in [6.45, 7) is 5.18. The third-order valence-corrected chi connectivity index (χ3v) is 7.21. The lowest BCUT2D eigenvalue weighted by molar-refractivity contribution is -0.149. The number of carbonyl (C=O) groups is 1. The van der Waals surface area contributed by atoms with Gasteiger partial charge in [-0.1, -0.05) is 25.4 Å². The fourth-order valence-electron chi connectivity index (χ4n) is 5.26. The molecule has 4 nitrogen and oxygen atoms in total. The van der Waals surface area contributed by atoms with Gasteiger partial charge in [0.2, 0.25) is 0 Å². The van der Waals surface area contributed by atoms with Gasteiger partial charge in [0.1, 0.15) is 5.75 Å². The maximum atomic E-state index is 13.2. The molecule has 23 heavy (non-hydrogen) atoms. The van der Waals surface area contributed by atoms with Crippen molar-refractivity contribution in [2.24, 2.45) is 16.7 Å². The second-order valence-electron chi connectivity index (χ2n) is 7.60. The van der Waals surface area contributed by atoms with E-state index < -0.39 is 5.60 Å². The Morgan fingerprint density at radius 1 is 1.43 bits per heavy atom. The number of anilines is 1. The van der Waals surface area contributed by atoms with Crippen molar-refractivity contribution < 1.29 is 14.3 Å². The second kappa shape index (κ2) is 4.64. The highest BCUT2D eigenvalue weighted by atomic mass is 35.5. The minimum atomic E-state index is -0.724. The third-order valence-electron chi connectivity index (χ3n) is 6.97. The minimum Gasteiger partial charge on any atom is -0.495 e. The summed E-state index contributed by atoms with van der Waals surface area (Å²) in [6.07, 6.45) is 3.06. The highest BCUT2D eigenvalue weighted by Gasteiger charge is 2.78. The first kappa shape index (κ1) is 15.3. The van der Waals surface area contributed by atoms with Crippen molar-refractivity contribution in [3.05, 3.63) is 23.2 Å². The first-order valence-corrected chi connectivity index (χ1v) is 8.53. The Balaban J connectivity index is 1.68. The first-order valence-electron chi connectivity index (χ1n) is 8.15. The Morgan fingerprint density at radius 3 is 2.87 bits per heavy atom. The molecule has 4 unspecified atom stereocenters. The monoisotopic (exact) mass is 335 g/mol. The van der Waals surface area contributed by atoms with E-state index in [1.165, 1.54) is 6.42 Å². The van der Waals surface area contributed by atoms with E-state index >= 15 is 0 Å². The topological polar surface area (TPSA) is 47.6 Å². The maximum Gasteiger partial charge on any atom is 0.257 e. The normalized spacial score (nSPS) is 40.4. The Labute approximate surface area is 141 Å². The van der Waals surface area contributed by atoms with Crippen LogP contribution in [0.3, 0.4) is 0 Å². The van der Waals surface area contributed by atoms with Gasteiger partial charge in [-0.15, -0.1) is 0 Å². The van der Waals surface area contributed by atoms with Crippen LogP contribution in [0.4, 0.5) is 5.69 Å². The summed E-state index contributed by atoms with van der Waals surface area (Å²) in [4.78, 5) is 13.2. The van der Waals surface area contributed by atoms with Gasteiger partial charge in [-0.2, -0.15) is 0 Å². The minimum absolute atomic E-state index is 0.0634. The van der Waals surface area contributed by atoms with E-state index in [2.05, 4.69) is 19.2 Å². The largest absolute Gasteiger partial charge is 0.495 e. The highest BCUT2D eigenvalue weighted by Crippen LogP contribution is 2.75. The number of amides is 1. The number of ether oxygens (including phenoxy) is 2. The van der Waals surface area contributed by atoms with Crippen molar-refractivity contribution in [2.45, 2.75) is 38.7 Å². The van der Waals surface area contributed by atoms with E-state index in [0.717, 1.165) is 12.8 Å². The Kier molecular flexibility index (Phi) is 3.08. The molecule has 3 fully saturated rings. The lowest BCUT2D eigenvalue weighted by Gasteiger charge is -2.40. The van der Waals surface area contributed by atoms with E-state index in [9.17, 15) is 4.79 Å². The molecule has 1 heterocycles. The number of methoxy groups -OCH3 is 1. The lowest BCUT2D eigenvalue weighted by Crippen LogP contribution is -2.52. The molecule has 0 aromatic heterocycles. The molecule has 3 aliphatic rings. The molecule has 4 rings (SSSR count). The maximum absolute atomic E-state index is 13.2. The second-order valence-corrected chi connectivity index (χ2v) is 8.04. The van der Waals surface area contributed by atoms with Crippen LogP contribution in [-0.2, 0) is 9.53 Å². The molecule has 1 amide bonds. The van der Waals surface area contributed by atoms with Crippen molar-refractivity contribution in [1.29, 1.82) is 0 Å². The molecule has 4 atom stereocenters. The molecule has 2 aliphatic carbocycles. The van der Waals surface area contributed by atoms with Crippen LogP contribution in [-0.4, -0.2) is 25.2 Å². The fourth-order valence-corrected chi connectivity index (χ4v) is 5.43. The van der Waals surface area contributed by atoms with Crippen molar-refractivity contribution in [2.75, 3.05) is 19.0 Å². The first-order chi connectivity index (χ1) is 10.9. The van der Waals surface area contributed by atoms with E-state index in [0.29, 0.717) is 29.0 Å². The van der Waals surface area contributed by atoms with Gasteiger partial charge < -0.3 is 14.8 Å². The van der Waals surface area contributed by atoms with Gasteiger partial charge in [-0.25, -0.2) is 0 Å². The summed E-state index contributed by atoms with van der Waals surface area (Å²) in [5, 5.41) is 3.58. The molecule has 4 bridgehead atoms. The molecule has 0 spiro atoms. The van der Waals surface area contributed by atoms with Gasteiger partial charge in [0.05, 0.1) is 19.4 Å². The molecule has 1 saturated heterocycles. The van der Waals surface area contributed by atoms with Crippen LogP contribution < -0.4 is 10.1 Å². The molecular weight excluding hydrogens is 314 g/mol.